The fourth-order valence-corrected chi connectivity index (χ4v) is 3.02. The van der Waals surface area contributed by atoms with Crippen molar-refractivity contribution < 1.29 is 0 Å². The van der Waals surface area contributed by atoms with Crippen molar-refractivity contribution in [2.45, 2.75) is 24.8 Å². The molecule has 1 fully saturated rings. The molecule has 0 aliphatic heterocycles. The number of hydrogen-bond donors (Lipinski definition) is 2. The minimum Gasteiger partial charge on any atom is -0.356 e. The maximum atomic E-state index is 6.13. The fourth-order valence-electron chi connectivity index (χ4n) is 2.83. The molecule has 3 rings (SSSR count). The number of benzene rings is 1. The van der Waals surface area contributed by atoms with Gasteiger partial charge in [0.25, 0.3) is 0 Å². The molecule has 6 heteroatoms. The van der Waals surface area contributed by atoms with Crippen molar-refractivity contribution in [1.29, 1.82) is 0 Å². The van der Waals surface area contributed by atoms with Crippen LogP contribution < -0.4 is 10.6 Å². The van der Waals surface area contributed by atoms with Crippen LogP contribution in [0.25, 0.3) is 0 Å². The van der Waals surface area contributed by atoms with Crippen molar-refractivity contribution in [2.75, 3.05) is 20.1 Å². The van der Waals surface area contributed by atoms with Gasteiger partial charge in [-0.15, -0.1) is 24.0 Å². The average Bonchev–Trinajstić information content (AvgIpc) is 3.18. The van der Waals surface area contributed by atoms with Crippen LogP contribution in [0.4, 0.5) is 0 Å². The van der Waals surface area contributed by atoms with E-state index in [1.165, 1.54) is 18.4 Å². The zero-order valence-electron chi connectivity index (χ0n) is 13.8. The Balaban J connectivity index is 0.00000208. The number of hydrogen-bond acceptors (Lipinski definition) is 1. The lowest BCUT2D eigenvalue weighted by Gasteiger charge is -2.19. The normalized spacial score (nSPS) is 15.5. The standard InChI is InChI=1S/C18H23ClN4.HI/c1-20-17(21-9-12-23-10-2-3-11-23)22-14-18(7-8-18)15-5-4-6-16(19)13-15;/h2-6,10-11,13H,7-9,12,14H2,1H3,(H2,20,21,22);1H. The number of nitrogens with one attached hydrogen (secondary N) is 2. The zero-order valence-corrected chi connectivity index (χ0v) is 16.9. The molecule has 0 spiro atoms. The number of guanidine groups is 1. The summed E-state index contributed by atoms with van der Waals surface area (Å²) >= 11 is 6.13. The van der Waals surface area contributed by atoms with E-state index in [4.69, 9.17) is 11.6 Å². The summed E-state index contributed by atoms with van der Waals surface area (Å²) in [4.78, 5) is 4.31. The lowest BCUT2D eigenvalue weighted by atomic mass is 9.96. The largest absolute Gasteiger partial charge is 0.356 e. The molecule has 0 saturated heterocycles. The molecule has 0 unspecified atom stereocenters. The van der Waals surface area contributed by atoms with E-state index in [-0.39, 0.29) is 29.4 Å². The number of rotatable bonds is 6. The number of aromatic nitrogens is 1. The Labute approximate surface area is 165 Å². The van der Waals surface area contributed by atoms with Gasteiger partial charge in [-0.25, -0.2) is 0 Å². The van der Waals surface area contributed by atoms with Gasteiger partial charge in [0.05, 0.1) is 0 Å². The summed E-state index contributed by atoms with van der Waals surface area (Å²) < 4.78 is 2.15. The summed E-state index contributed by atoms with van der Waals surface area (Å²) in [7, 11) is 1.81. The van der Waals surface area contributed by atoms with E-state index in [9.17, 15) is 0 Å². The number of halogens is 2. The summed E-state index contributed by atoms with van der Waals surface area (Å²) in [5.41, 5.74) is 1.53. The van der Waals surface area contributed by atoms with Crippen molar-refractivity contribution in [3.63, 3.8) is 0 Å². The van der Waals surface area contributed by atoms with Crippen molar-refractivity contribution in [3.8, 4) is 0 Å². The molecule has 2 aromatic rings. The van der Waals surface area contributed by atoms with Gasteiger partial charge in [0.15, 0.2) is 5.96 Å². The molecule has 2 N–H and O–H groups in total. The van der Waals surface area contributed by atoms with Gasteiger partial charge in [-0.2, -0.15) is 0 Å². The predicted octanol–water partition coefficient (Wildman–Crippen LogP) is 3.66. The van der Waals surface area contributed by atoms with Gasteiger partial charge < -0.3 is 15.2 Å². The molecule has 1 aliphatic rings. The lowest BCUT2D eigenvalue weighted by Crippen LogP contribution is -2.42. The van der Waals surface area contributed by atoms with Crippen LogP contribution in [0, 0.1) is 0 Å². The molecule has 1 aromatic carbocycles. The Kier molecular flexibility index (Phi) is 6.98. The highest BCUT2D eigenvalue weighted by atomic mass is 127. The molecular formula is C18H24ClIN4. The van der Waals surface area contributed by atoms with E-state index in [1.54, 1.807) is 0 Å². The lowest BCUT2D eigenvalue weighted by molar-refractivity contribution is 0.629. The van der Waals surface area contributed by atoms with Crippen molar-refractivity contribution in [3.05, 3.63) is 59.4 Å². The molecule has 0 bridgehead atoms. The highest BCUT2D eigenvalue weighted by Crippen LogP contribution is 2.48. The second-order valence-electron chi connectivity index (χ2n) is 6.06. The van der Waals surface area contributed by atoms with Crippen molar-refractivity contribution in [1.82, 2.24) is 15.2 Å². The number of aliphatic imine (C=N–C) groups is 1. The van der Waals surface area contributed by atoms with Crippen LogP contribution in [0.1, 0.15) is 18.4 Å². The molecule has 0 amide bonds. The van der Waals surface area contributed by atoms with Crippen LogP contribution in [-0.2, 0) is 12.0 Å². The minimum atomic E-state index is 0. The van der Waals surface area contributed by atoms with E-state index in [0.717, 1.165) is 30.6 Å². The SMILES string of the molecule is CN=C(NCCn1cccc1)NCC1(c2cccc(Cl)c2)CC1.I. The molecule has 1 aromatic heterocycles. The average molecular weight is 459 g/mol. The third-order valence-electron chi connectivity index (χ3n) is 4.44. The highest BCUT2D eigenvalue weighted by Gasteiger charge is 2.44. The van der Waals surface area contributed by atoms with Crippen LogP contribution in [0.15, 0.2) is 53.8 Å². The topological polar surface area (TPSA) is 41.4 Å². The summed E-state index contributed by atoms with van der Waals surface area (Å²) in [6.45, 7) is 2.65. The Bertz CT molecular complexity index is 665. The Morgan fingerprint density at radius 3 is 2.58 bits per heavy atom. The van der Waals surface area contributed by atoms with E-state index < -0.39 is 0 Å². The van der Waals surface area contributed by atoms with Gasteiger partial charge in [0, 0.05) is 49.5 Å². The summed E-state index contributed by atoms with van der Waals surface area (Å²) in [5, 5.41) is 7.63. The Hall–Kier alpha value is -1.21. The Morgan fingerprint density at radius 2 is 1.96 bits per heavy atom. The highest BCUT2D eigenvalue weighted by molar-refractivity contribution is 14.0. The fraction of sp³-hybridized carbons (Fsp3) is 0.389. The van der Waals surface area contributed by atoms with Gasteiger partial charge in [-0.1, -0.05) is 23.7 Å². The maximum Gasteiger partial charge on any atom is 0.191 e. The first kappa shape index (κ1) is 19.1. The van der Waals surface area contributed by atoms with Crippen LogP contribution in [0.3, 0.4) is 0 Å². The van der Waals surface area contributed by atoms with Gasteiger partial charge in [0.2, 0.25) is 0 Å². The smallest absolute Gasteiger partial charge is 0.191 e. The van der Waals surface area contributed by atoms with Gasteiger partial charge in [-0.05, 0) is 42.7 Å². The van der Waals surface area contributed by atoms with Crippen LogP contribution in [-0.4, -0.2) is 30.7 Å². The molecule has 0 atom stereocenters. The molecule has 130 valence electrons. The van der Waals surface area contributed by atoms with Gasteiger partial charge in [-0.3, -0.25) is 4.99 Å². The third kappa shape index (κ3) is 4.89. The first-order valence-electron chi connectivity index (χ1n) is 8.03. The second-order valence-corrected chi connectivity index (χ2v) is 6.50. The molecular weight excluding hydrogens is 435 g/mol. The maximum absolute atomic E-state index is 6.13. The van der Waals surface area contributed by atoms with E-state index in [2.05, 4.69) is 44.7 Å². The first-order chi connectivity index (χ1) is 11.2. The number of nitrogens with zero attached hydrogens (tertiary/aromatic N) is 2. The molecule has 1 saturated carbocycles. The minimum absolute atomic E-state index is 0. The van der Waals surface area contributed by atoms with E-state index in [1.807, 2.05) is 31.3 Å². The predicted molar refractivity (Wildman–Crippen MR) is 112 cm³/mol. The van der Waals surface area contributed by atoms with E-state index >= 15 is 0 Å². The summed E-state index contributed by atoms with van der Waals surface area (Å²) in [6, 6.07) is 12.3. The quantitative estimate of drug-likeness (QED) is 0.394. The third-order valence-corrected chi connectivity index (χ3v) is 4.67. The molecule has 1 heterocycles. The molecule has 0 radical (unpaired) electrons. The summed E-state index contributed by atoms with van der Waals surface area (Å²) in [6.07, 6.45) is 6.52. The van der Waals surface area contributed by atoms with Gasteiger partial charge in [0.1, 0.15) is 0 Å². The van der Waals surface area contributed by atoms with Crippen LogP contribution >= 0.6 is 35.6 Å². The second kappa shape index (κ2) is 8.76. The molecule has 24 heavy (non-hydrogen) atoms. The van der Waals surface area contributed by atoms with Crippen molar-refractivity contribution >= 4 is 41.5 Å². The van der Waals surface area contributed by atoms with E-state index in [0.29, 0.717) is 0 Å². The van der Waals surface area contributed by atoms with Crippen LogP contribution in [0.5, 0.6) is 0 Å². The summed E-state index contributed by atoms with van der Waals surface area (Å²) in [5.74, 6) is 0.852. The van der Waals surface area contributed by atoms with Crippen LogP contribution in [0.2, 0.25) is 5.02 Å². The first-order valence-corrected chi connectivity index (χ1v) is 8.41. The zero-order chi connectivity index (χ0) is 16.1. The molecule has 1 aliphatic carbocycles. The monoisotopic (exact) mass is 458 g/mol. The van der Waals surface area contributed by atoms with Crippen molar-refractivity contribution in [2.24, 2.45) is 4.99 Å². The van der Waals surface area contributed by atoms with Gasteiger partial charge >= 0.3 is 0 Å². The Morgan fingerprint density at radius 1 is 1.21 bits per heavy atom. The molecule has 4 nitrogen and oxygen atoms in total.